The van der Waals surface area contributed by atoms with Crippen molar-refractivity contribution in [1.82, 2.24) is 5.32 Å². The van der Waals surface area contributed by atoms with E-state index in [4.69, 9.17) is 14.2 Å². The van der Waals surface area contributed by atoms with Crippen molar-refractivity contribution >= 4 is 24.6 Å². The van der Waals surface area contributed by atoms with Gasteiger partial charge in [0.05, 0.1) is 18.6 Å². The number of hydrogen-bond acceptors (Lipinski definition) is 7. The zero-order valence-corrected chi connectivity index (χ0v) is 22.2. The summed E-state index contributed by atoms with van der Waals surface area (Å²) in [6.45, 7) is 12.1. The third-order valence-electron chi connectivity index (χ3n) is 5.49. The number of carbonyl (C=O) groups excluding carboxylic acids is 3. The lowest BCUT2D eigenvalue weighted by Crippen LogP contribution is -2.42. The van der Waals surface area contributed by atoms with Gasteiger partial charge in [-0.2, -0.15) is 13.2 Å². The van der Waals surface area contributed by atoms with Gasteiger partial charge in [-0.15, -0.1) is 0 Å². The normalized spacial score (nSPS) is 15.1. The number of amides is 1. The molecule has 0 aromatic heterocycles. The Hall–Kier alpha value is -3.70. The largest absolute Gasteiger partial charge is 0.493 e. The molecule has 0 unspecified atom stereocenters. The highest BCUT2D eigenvalue weighted by Crippen LogP contribution is 2.37. The van der Waals surface area contributed by atoms with Gasteiger partial charge in [0.2, 0.25) is 5.76 Å². The van der Waals surface area contributed by atoms with Crippen molar-refractivity contribution in [3.63, 3.8) is 0 Å². The molecule has 0 bridgehead atoms. The van der Waals surface area contributed by atoms with Crippen LogP contribution in [0.2, 0.25) is 0 Å². The van der Waals surface area contributed by atoms with Crippen LogP contribution >= 0.6 is 0 Å². The number of aliphatic imine (C=N–C) groups is 1. The SMILES string of the molecule is C=N/C(C(=O)N[C@@H](C)C(=O)O[C@H](C)[C@H](C)c1ccc(F)cc1C(F)(F)F)=C(OC(=O)C(C)C)\C(=C/C)OC. The lowest BCUT2D eigenvalue weighted by Gasteiger charge is -2.25. The summed E-state index contributed by atoms with van der Waals surface area (Å²) >= 11 is 0. The smallest absolute Gasteiger partial charge is 0.416 e. The predicted octanol–water partition coefficient (Wildman–Crippen LogP) is 5.05. The summed E-state index contributed by atoms with van der Waals surface area (Å²) < 4.78 is 69.4. The molecule has 0 saturated carbocycles. The summed E-state index contributed by atoms with van der Waals surface area (Å²) in [5.41, 5.74) is -1.88. The number of hydrogen-bond donors (Lipinski definition) is 1. The Kier molecular flexibility index (Phi) is 11.7. The average molecular weight is 545 g/mol. The molecule has 38 heavy (non-hydrogen) atoms. The first-order valence-electron chi connectivity index (χ1n) is 11.6. The fourth-order valence-corrected chi connectivity index (χ4v) is 3.16. The topological polar surface area (TPSA) is 103 Å². The maximum Gasteiger partial charge on any atom is 0.416 e. The van der Waals surface area contributed by atoms with Gasteiger partial charge in [-0.1, -0.05) is 26.8 Å². The number of nitrogens with zero attached hydrogens (tertiary/aromatic N) is 1. The molecule has 1 amide bonds. The van der Waals surface area contributed by atoms with Crippen LogP contribution in [0.25, 0.3) is 0 Å². The number of carbonyl (C=O) groups is 3. The van der Waals surface area contributed by atoms with Gasteiger partial charge in [0.15, 0.2) is 11.5 Å². The van der Waals surface area contributed by atoms with Gasteiger partial charge in [0.25, 0.3) is 5.91 Å². The van der Waals surface area contributed by atoms with E-state index < -0.39 is 65.1 Å². The number of alkyl halides is 3. The molecule has 1 rings (SSSR count). The van der Waals surface area contributed by atoms with Crippen molar-refractivity contribution in [2.75, 3.05) is 7.11 Å². The van der Waals surface area contributed by atoms with Crippen LogP contribution in [0.4, 0.5) is 17.6 Å². The molecular formula is C26H32F4N2O6. The van der Waals surface area contributed by atoms with Crippen LogP contribution in [0.3, 0.4) is 0 Å². The predicted molar refractivity (Wildman–Crippen MR) is 131 cm³/mol. The van der Waals surface area contributed by atoms with Gasteiger partial charge in [-0.25, -0.2) is 9.18 Å². The molecular weight excluding hydrogens is 512 g/mol. The highest BCUT2D eigenvalue weighted by molar-refractivity contribution is 5.97. The second kappa shape index (κ2) is 13.7. The molecule has 0 aliphatic rings. The van der Waals surface area contributed by atoms with Crippen LogP contribution in [0, 0.1) is 11.7 Å². The third-order valence-corrected chi connectivity index (χ3v) is 5.49. The molecule has 0 heterocycles. The maximum atomic E-state index is 13.5. The van der Waals surface area contributed by atoms with Crippen LogP contribution in [0.15, 0.2) is 46.5 Å². The molecule has 210 valence electrons. The average Bonchev–Trinajstić information content (AvgIpc) is 2.83. The number of nitrogens with one attached hydrogen (secondary N) is 1. The lowest BCUT2D eigenvalue weighted by molar-refractivity contribution is -0.152. The molecule has 12 heteroatoms. The number of methoxy groups -OCH3 is 1. The highest BCUT2D eigenvalue weighted by Gasteiger charge is 2.37. The van der Waals surface area contributed by atoms with Crippen LogP contribution in [0.1, 0.15) is 58.6 Å². The van der Waals surface area contributed by atoms with Crippen LogP contribution in [-0.4, -0.2) is 43.8 Å². The summed E-state index contributed by atoms with van der Waals surface area (Å²) in [6, 6.07) is 0.960. The van der Waals surface area contributed by atoms with E-state index in [-0.39, 0.29) is 17.1 Å². The molecule has 0 saturated heterocycles. The van der Waals surface area contributed by atoms with E-state index in [1.807, 2.05) is 0 Å². The Bertz CT molecular complexity index is 1110. The Morgan fingerprint density at radius 3 is 2.16 bits per heavy atom. The first-order valence-corrected chi connectivity index (χ1v) is 11.6. The molecule has 1 N–H and O–H groups in total. The van der Waals surface area contributed by atoms with Crippen molar-refractivity contribution < 1.29 is 46.2 Å². The van der Waals surface area contributed by atoms with Gasteiger partial charge in [0, 0.05) is 5.92 Å². The fraction of sp³-hybridized carbons (Fsp3) is 0.462. The van der Waals surface area contributed by atoms with Crippen molar-refractivity contribution in [1.29, 1.82) is 0 Å². The molecule has 8 nitrogen and oxygen atoms in total. The van der Waals surface area contributed by atoms with Crippen molar-refractivity contribution in [3.8, 4) is 0 Å². The summed E-state index contributed by atoms with van der Waals surface area (Å²) in [5, 5.41) is 2.34. The van der Waals surface area contributed by atoms with Crippen LogP contribution in [-0.2, 0) is 34.8 Å². The van der Waals surface area contributed by atoms with Crippen LogP contribution in [0.5, 0.6) is 0 Å². The van der Waals surface area contributed by atoms with Gasteiger partial charge >= 0.3 is 18.1 Å². The minimum Gasteiger partial charge on any atom is -0.493 e. The van der Waals surface area contributed by atoms with E-state index in [0.29, 0.717) is 6.07 Å². The Morgan fingerprint density at radius 2 is 1.68 bits per heavy atom. The van der Waals surface area contributed by atoms with E-state index in [1.165, 1.54) is 34.0 Å². The summed E-state index contributed by atoms with van der Waals surface area (Å²) in [4.78, 5) is 41.4. The third kappa shape index (κ3) is 8.42. The molecule has 0 fully saturated rings. The van der Waals surface area contributed by atoms with Gasteiger partial charge in [0.1, 0.15) is 18.0 Å². The Labute approximate surface area is 218 Å². The van der Waals surface area contributed by atoms with Crippen molar-refractivity contribution in [2.24, 2.45) is 10.9 Å². The van der Waals surface area contributed by atoms with E-state index in [9.17, 15) is 31.9 Å². The van der Waals surface area contributed by atoms with Crippen LogP contribution < -0.4 is 5.32 Å². The number of ether oxygens (including phenoxy) is 3. The van der Waals surface area contributed by atoms with E-state index in [2.05, 4.69) is 17.0 Å². The van der Waals surface area contributed by atoms with E-state index in [1.54, 1.807) is 20.8 Å². The molecule has 0 radical (unpaired) electrons. The van der Waals surface area contributed by atoms with Crippen molar-refractivity contribution in [2.45, 2.75) is 65.8 Å². The highest BCUT2D eigenvalue weighted by atomic mass is 19.4. The number of rotatable bonds is 11. The summed E-state index contributed by atoms with van der Waals surface area (Å²) in [6.07, 6.45) is -4.47. The van der Waals surface area contributed by atoms with Crippen molar-refractivity contribution in [3.05, 3.63) is 58.4 Å². The Balaban J connectivity index is 3.14. The molecule has 0 aliphatic heterocycles. The van der Waals surface area contributed by atoms with E-state index >= 15 is 0 Å². The number of halogens is 4. The second-order valence-corrected chi connectivity index (χ2v) is 8.62. The first-order chi connectivity index (χ1) is 17.6. The number of esters is 2. The molecule has 3 atom stereocenters. The monoisotopic (exact) mass is 544 g/mol. The van der Waals surface area contributed by atoms with Gasteiger partial charge in [-0.3, -0.25) is 14.6 Å². The number of allylic oxidation sites excluding steroid dienone is 1. The standard InChI is InChI=1S/C26H32F4N2O6/c1-9-20(36-8)22(38-24(34)13(2)3)21(31-7)23(33)32-15(5)25(35)37-16(6)14(4)18-11-10-17(27)12-19(18)26(28,29)30/h9-16H,7H2,1-6,8H3,(H,32,33)/b20-9+,22-21+/t14-,15-,16+/m0/s1. The zero-order chi connectivity index (χ0) is 29.4. The molecule has 0 aliphatic carbocycles. The maximum absolute atomic E-state index is 13.5. The first kappa shape index (κ1) is 32.3. The number of benzene rings is 1. The zero-order valence-electron chi connectivity index (χ0n) is 22.2. The molecule has 1 aromatic carbocycles. The summed E-state index contributed by atoms with van der Waals surface area (Å²) in [5.74, 6) is -5.48. The Morgan fingerprint density at radius 1 is 1.08 bits per heavy atom. The minimum absolute atomic E-state index is 0.00833. The van der Waals surface area contributed by atoms with Gasteiger partial charge in [-0.05, 0) is 51.3 Å². The fourth-order valence-electron chi connectivity index (χ4n) is 3.16. The summed E-state index contributed by atoms with van der Waals surface area (Å²) in [7, 11) is 1.28. The van der Waals surface area contributed by atoms with E-state index in [0.717, 1.165) is 12.1 Å². The lowest BCUT2D eigenvalue weighted by atomic mass is 9.91. The quantitative estimate of drug-likeness (QED) is 0.105. The minimum atomic E-state index is -4.82. The van der Waals surface area contributed by atoms with Gasteiger partial charge < -0.3 is 19.5 Å². The second-order valence-electron chi connectivity index (χ2n) is 8.62. The molecule has 1 aromatic rings. The molecule has 0 spiro atoms.